The molecule has 11 heavy (non-hydrogen) atoms. The van der Waals surface area contributed by atoms with Gasteiger partial charge < -0.3 is 5.32 Å². The van der Waals surface area contributed by atoms with Crippen LogP contribution in [0.25, 0.3) is 0 Å². The molecule has 0 radical (unpaired) electrons. The van der Waals surface area contributed by atoms with E-state index in [1.54, 1.807) is 0 Å². The minimum Gasteiger partial charge on any atom is -0.352 e. The third-order valence-corrected chi connectivity index (χ3v) is 1.91. The molecule has 1 N–H and O–H groups in total. The van der Waals surface area contributed by atoms with Gasteiger partial charge >= 0.3 is 0 Å². The predicted molar refractivity (Wildman–Crippen MR) is 40.6 cm³/mol. The number of nitrogens with zero attached hydrogens (tertiary/aromatic N) is 1. The summed E-state index contributed by atoms with van der Waals surface area (Å²) in [5, 5.41) is 11.2. The Labute approximate surface area is 66.4 Å². The molecule has 1 fully saturated rings. The van der Waals surface area contributed by atoms with E-state index in [0.717, 1.165) is 19.3 Å². The average molecular weight is 152 g/mol. The van der Waals surface area contributed by atoms with Gasteiger partial charge in [0.1, 0.15) is 0 Å². The van der Waals surface area contributed by atoms with Crippen molar-refractivity contribution >= 4 is 5.91 Å². The van der Waals surface area contributed by atoms with Crippen LogP contribution in [0.3, 0.4) is 0 Å². The normalized spacial score (nSPS) is 25.0. The van der Waals surface area contributed by atoms with Crippen LogP contribution >= 0.6 is 0 Å². The average Bonchev–Trinajstić information content (AvgIpc) is 2.15. The number of hydrogen-bond acceptors (Lipinski definition) is 2. The number of nitriles is 1. The molecule has 1 rings (SSSR count). The molecule has 1 saturated heterocycles. The molecule has 1 aliphatic heterocycles. The van der Waals surface area contributed by atoms with E-state index in [4.69, 9.17) is 5.26 Å². The van der Waals surface area contributed by atoms with E-state index in [0.29, 0.717) is 12.8 Å². The summed E-state index contributed by atoms with van der Waals surface area (Å²) in [5.74, 6) is 0.0998. The van der Waals surface area contributed by atoms with Crippen LogP contribution in [0.15, 0.2) is 0 Å². The highest BCUT2D eigenvalue weighted by molar-refractivity contribution is 5.76. The first-order valence-corrected chi connectivity index (χ1v) is 3.99. The maximum absolute atomic E-state index is 10.9. The van der Waals surface area contributed by atoms with E-state index in [2.05, 4.69) is 11.4 Å². The molecule has 0 saturated carbocycles. The Balaban J connectivity index is 2.40. The Kier molecular flexibility index (Phi) is 2.91. The highest BCUT2D eigenvalue weighted by Gasteiger charge is 2.15. The lowest BCUT2D eigenvalue weighted by Gasteiger charge is -2.10. The number of carbonyl (C=O) groups excluding carboxylic acids is 1. The largest absolute Gasteiger partial charge is 0.352 e. The number of hydrogen-bond donors (Lipinski definition) is 1. The maximum Gasteiger partial charge on any atom is 0.220 e. The summed E-state index contributed by atoms with van der Waals surface area (Å²) in [6, 6.07) is 2.18. The fourth-order valence-corrected chi connectivity index (χ4v) is 1.31. The second-order valence-electron chi connectivity index (χ2n) is 2.87. The van der Waals surface area contributed by atoms with Crippen molar-refractivity contribution < 1.29 is 4.79 Å². The van der Waals surface area contributed by atoms with Gasteiger partial charge in [-0.15, -0.1) is 0 Å². The van der Waals surface area contributed by atoms with Crippen molar-refractivity contribution in [3.05, 3.63) is 0 Å². The first-order valence-electron chi connectivity index (χ1n) is 3.99. The Morgan fingerprint density at radius 3 is 3.18 bits per heavy atom. The van der Waals surface area contributed by atoms with Gasteiger partial charge in [-0.05, 0) is 12.8 Å². The predicted octanol–water partition coefficient (Wildman–Crippen LogP) is 0.959. The first kappa shape index (κ1) is 8.06. The molecule has 0 aliphatic carbocycles. The van der Waals surface area contributed by atoms with Gasteiger partial charge in [0.25, 0.3) is 0 Å². The van der Waals surface area contributed by atoms with E-state index in [1.165, 1.54) is 0 Å². The van der Waals surface area contributed by atoms with Crippen molar-refractivity contribution in [2.45, 2.75) is 38.1 Å². The van der Waals surface area contributed by atoms with Gasteiger partial charge in [-0.25, -0.2) is 0 Å². The minimum absolute atomic E-state index is 0.0998. The molecule has 3 heteroatoms. The van der Waals surface area contributed by atoms with Crippen LogP contribution in [0, 0.1) is 11.3 Å². The molecule has 1 unspecified atom stereocenters. The SMILES string of the molecule is N#CCC1CCCCC(=O)N1. The first-order chi connectivity index (χ1) is 5.33. The summed E-state index contributed by atoms with van der Waals surface area (Å²) in [6.07, 6.45) is 4.06. The topological polar surface area (TPSA) is 52.9 Å². The van der Waals surface area contributed by atoms with Crippen LogP contribution in [0.2, 0.25) is 0 Å². The fraction of sp³-hybridized carbons (Fsp3) is 0.750. The van der Waals surface area contributed by atoms with E-state index >= 15 is 0 Å². The molecule has 1 aliphatic rings. The smallest absolute Gasteiger partial charge is 0.220 e. The molecule has 0 aromatic carbocycles. The minimum atomic E-state index is 0.0998. The van der Waals surface area contributed by atoms with Gasteiger partial charge in [-0.3, -0.25) is 4.79 Å². The van der Waals surface area contributed by atoms with Crippen LogP contribution in [-0.4, -0.2) is 11.9 Å². The van der Waals surface area contributed by atoms with E-state index in [9.17, 15) is 4.79 Å². The Bertz CT molecular complexity index is 183. The van der Waals surface area contributed by atoms with Gasteiger partial charge in [0, 0.05) is 12.5 Å². The zero-order valence-electron chi connectivity index (χ0n) is 6.47. The van der Waals surface area contributed by atoms with E-state index < -0.39 is 0 Å². The fourth-order valence-electron chi connectivity index (χ4n) is 1.31. The zero-order chi connectivity index (χ0) is 8.10. The van der Waals surface area contributed by atoms with Crippen molar-refractivity contribution in [1.29, 1.82) is 5.26 Å². The molecular formula is C8H12N2O. The van der Waals surface area contributed by atoms with Crippen molar-refractivity contribution in [3.8, 4) is 6.07 Å². The number of nitrogens with one attached hydrogen (secondary N) is 1. The maximum atomic E-state index is 10.9. The van der Waals surface area contributed by atoms with Crippen molar-refractivity contribution in [3.63, 3.8) is 0 Å². The Hall–Kier alpha value is -1.04. The van der Waals surface area contributed by atoms with Crippen LogP contribution in [0.4, 0.5) is 0 Å². The van der Waals surface area contributed by atoms with Gasteiger partial charge in [-0.2, -0.15) is 5.26 Å². The highest BCUT2D eigenvalue weighted by atomic mass is 16.1. The second-order valence-corrected chi connectivity index (χ2v) is 2.87. The summed E-state index contributed by atoms with van der Waals surface area (Å²) in [6.45, 7) is 0. The van der Waals surface area contributed by atoms with E-state index in [1.807, 2.05) is 0 Å². The number of amides is 1. The second kappa shape index (κ2) is 3.97. The molecule has 0 spiro atoms. The van der Waals surface area contributed by atoms with Gasteiger partial charge in [0.15, 0.2) is 0 Å². The molecule has 60 valence electrons. The van der Waals surface area contributed by atoms with Gasteiger partial charge in [0.2, 0.25) is 5.91 Å². The standard InChI is InChI=1S/C8H12N2O/c9-6-5-7-3-1-2-4-8(11)10-7/h7H,1-5H2,(H,10,11). The third kappa shape index (κ3) is 2.58. The molecule has 0 aromatic rings. The lowest BCUT2D eigenvalue weighted by atomic mass is 10.1. The van der Waals surface area contributed by atoms with Crippen molar-refractivity contribution in [2.75, 3.05) is 0 Å². The Morgan fingerprint density at radius 2 is 2.45 bits per heavy atom. The Morgan fingerprint density at radius 1 is 1.64 bits per heavy atom. The van der Waals surface area contributed by atoms with Gasteiger partial charge in [-0.1, -0.05) is 6.42 Å². The lowest BCUT2D eigenvalue weighted by Crippen LogP contribution is -2.32. The van der Waals surface area contributed by atoms with Crippen LogP contribution in [0.1, 0.15) is 32.1 Å². The highest BCUT2D eigenvalue weighted by Crippen LogP contribution is 2.10. The zero-order valence-corrected chi connectivity index (χ0v) is 6.47. The molecule has 3 nitrogen and oxygen atoms in total. The third-order valence-electron chi connectivity index (χ3n) is 1.91. The summed E-state index contributed by atoms with van der Waals surface area (Å²) in [5.41, 5.74) is 0. The lowest BCUT2D eigenvalue weighted by molar-refractivity contribution is -0.121. The molecular weight excluding hydrogens is 140 g/mol. The summed E-state index contributed by atoms with van der Waals surface area (Å²) < 4.78 is 0. The summed E-state index contributed by atoms with van der Waals surface area (Å²) in [4.78, 5) is 10.9. The van der Waals surface area contributed by atoms with Crippen LogP contribution < -0.4 is 5.32 Å². The molecule has 1 amide bonds. The van der Waals surface area contributed by atoms with Crippen molar-refractivity contribution in [1.82, 2.24) is 5.32 Å². The summed E-state index contributed by atoms with van der Waals surface area (Å²) in [7, 11) is 0. The van der Waals surface area contributed by atoms with Crippen LogP contribution in [-0.2, 0) is 4.79 Å². The van der Waals surface area contributed by atoms with Crippen LogP contribution in [0.5, 0.6) is 0 Å². The van der Waals surface area contributed by atoms with Gasteiger partial charge in [0.05, 0.1) is 12.5 Å². The molecule has 1 heterocycles. The summed E-state index contributed by atoms with van der Waals surface area (Å²) >= 11 is 0. The molecule has 1 atom stereocenters. The van der Waals surface area contributed by atoms with Crippen molar-refractivity contribution in [2.24, 2.45) is 0 Å². The number of rotatable bonds is 1. The monoisotopic (exact) mass is 152 g/mol. The number of carbonyl (C=O) groups is 1. The molecule has 0 aromatic heterocycles. The molecule has 0 bridgehead atoms. The van der Waals surface area contributed by atoms with E-state index in [-0.39, 0.29) is 11.9 Å². The quantitative estimate of drug-likeness (QED) is 0.608.